The van der Waals surface area contributed by atoms with E-state index in [0.29, 0.717) is 0 Å². The van der Waals surface area contributed by atoms with Crippen LogP contribution in [0.1, 0.15) is 36.6 Å². The summed E-state index contributed by atoms with van der Waals surface area (Å²) in [4.78, 5) is 10.5. The van der Waals surface area contributed by atoms with Crippen LogP contribution >= 0.6 is 11.8 Å². The van der Waals surface area contributed by atoms with Crippen molar-refractivity contribution in [2.45, 2.75) is 36.6 Å². The molecule has 0 amide bonds. The van der Waals surface area contributed by atoms with E-state index in [9.17, 15) is 0 Å². The van der Waals surface area contributed by atoms with Crippen LogP contribution in [0.5, 0.6) is 0 Å². The first-order valence-corrected chi connectivity index (χ1v) is 8.26. The molecule has 1 unspecified atom stereocenters. The summed E-state index contributed by atoms with van der Waals surface area (Å²) in [7, 11) is 0. The highest BCUT2D eigenvalue weighted by Gasteiger charge is 2.17. The second-order valence-electron chi connectivity index (χ2n) is 5.18. The van der Waals surface area contributed by atoms with E-state index in [0.717, 1.165) is 35.5 Å². The fourth-order valence-electron chi connectivity index (χ4n) is 2.63. The number of aromatic nitrogens is 2. The Balaban J connectivity index is 1.96. The fraction of sp³-hybridized carbons (Fsp3) is 0.375. The van der Waals surface area contributed by atoms with Crippen molar-refractivity contribution >= 4 is 11.8 Å². The fourth-order valence-corrected chi connectivity index (χ4v) is 3.04. The smallest absolute Gasteiger partial charge is 0.159 e. The molecule has 0 saturated carbocycles. The molecule has 0 spiro atoms. The molecule has 0 bridgehead atoms. The molecule has 3 rings (SSSR count). The van der Waals surface area contributed by atoms with E-state index in [1.807, 2.05) is 6.20 Å². The largest absolute Gasteiger partial charge is 0.324 e. The van der Waals surface area contributed by atoms with E-state index < -0.39 is 0 Å². The van der Waals surface area contributed by atoms with Crippen molar-refractivity contribution in [2.75, 3.05) is 6.26 Å². The van der Waals surface area contributed by atoms with Crippen molar-refractivity contribution in [3.63, 3.8) is 0 Å². The normalized spacial score (nSPS) is 18.4. The Bertz CT molecular complexity index is 595. The molecule has 1 aliphatic carbocycles. The monoisotopic (exact) mass is 285 g/mol. The number of aryl methyl sites for hydroxylation is 1. The summed E-state index contributed by atoms with van der Waals surface area (Å²) in [5, 5.41) is 0. The van der Waals surface area contributed by atoms with Gasteiger partial charge in [0.1, 0.15) is 0 Å². The quantitative estimate of drug-likeness (QED) is 0.676. The molecule has 1 atom stereocenters. The van der Waals surface area contributed by atoms with Gasteiger partial charge in [-0.2, -0.15) is 0 Å². The first-order valence-electron chi connectivity index (χ1n) is 7.04. The van der Waals surface area contributed by atoms with Crippen molar-refractivity contribution in [1.29, 1.82) is 0 Å². The first-order chi connectivity index (χ1) is 9.78. The Morgan fingerprint density at radius 1 is 1.20 bits per heavy atom. The highest BCUT2D eigenvalue weighted by atomic mass is 32.2. The van der Waals surface area contributed by atoms with Gasteiger partial charge >= 0.3 is 0 Å². The van der Waals surface area contributed by atoms with Gasteiger partial charge in [0.25, 0.3) is 0 Å². The van der Waals surface area contributed by atoms with Crippen LogP contribution < -0.4 is 5.73 Å². The van der Waals surface area contributed by atoms with Gasteiger partial charge in [0.15, 0.2) is 5.82 Å². The van der Waals surface area contributed by atoms with E-state index in [2.05, 4.69) is 35.5 Å². The minimum atomic E-state index is 0.0976. The third-order valence-corrected chi connectivity index (χ3v) is 4.57. The van der Waals surface area contributed by atoms with Crippen molar-refractivity contribution in [2.24, 2.45) is 5.73 Å². The molecule has 1 aliphatic rings. The van der Waals surface area contributed by atoms with Gasteiger partial charge in [-0.05, 0) is 37.7 Å². The van der Waals surface area contributed by atoms with Crippen LogP contribution in [0.4, 0.5) is 0 Å². The highest BCUT2D eigenvalue weighted by molar-refractivity contribution is 7.98. The summed E-state index contributed by atoms with van der Waals surface area (Å²) in [5.74, 6) is 0.811. The van der Waals surface area contributed by atoms with Crippen LogP contribution in [-0.4, -0.2) is 16.2 Å². The van der Waals surface area contributed by atoms with E-state index in [1.54, 1.807) is 11.8 Å². The standard InChI is InChI=1S/C16H19N3S/c1-20-12-8-6-11(7-9-12)16-18-10-13-14(17)4-2-3-5-15(13)19-16/h6-10,14H,2-5,17H2,1H3. The van der Waals surface area contributed by atoms with Crippen LogP contribution in [0.3, 0.4) is 0 Å². The molecule has 104 valence electrons. The summed E-state index contributed by atoms with van der Waals surface area (Å²) >= 11 is 1.74. The van der Waals surface area contributed by atoms with Crippen LogP contribution in [0.2, 0.25) is 0 Å². The van der Waals surface area contributed by atoms with Crippen LogP contribution in [0, 0.1) is 0 Å². The van der Waals surface area contributed by atoms with Gasteiger partial charge in [0.2, 0.25) is 0 Å². The molecular weight excluding hydrogens is 266 g/mol. The Kier molecular flexibility index (Phi) is 4.03. The Morgan fingerprint density at radius 3 is 2.75 bits per heavy atom. The molecule has 3 nitrogen and oxygen atoms in total. The summed E-state index contributed by atoms with van der Waals surface area (Å²) in [5.41, 5.74) is 9.53. The number of hydrogen-bond acceptors (Lipinski definition) is 4. The summed E-state index contributed by atoms with van der Waals surface area (Å²) < 4.78 is 0. The molecule has 0 aliphatic heterocycles. The first kappa shape index (κ1) is 13.6. The van der Waals surface area contributed by atoms with Gasteiger partial charge in [-0.3, -0.25) is 0 Å². The molecule has 0 saturated heterocycles. The van der Waals surface area contributed by atoms with Crippen LogP contribution in [0.25, 0.3) is 11.4 Å². The van der Waals surface area contributed by atoms with Gasteiger partial charge in [0.05, 0.1) is 0 Å². The SMILES string of the molecule is CSc1ccc(-c2ncc3c(n2)CCCCC3N)cc1. The maximum Gasteiger partial charge on any atom is 0.159 e. The molecule has 2 N–H and O–H groups in total. The molecule has 1 aromatic carbocycles. The molecule has 4 heteroatoms. The van der Waals surface area contributed by atoms with E-state index in [4.69, 9.17) is 10.7 Å². The Labute approximate surface area is 124 Å². The topological polar surface area (TPSA) is 51.8 Å². The zero-order valence-corrected chi connectivity index (χ0v) is 12.5. The maximum atomic E-state index is 6.19. The molecule has 2 aromatic rings. The molecule has 1 aromatic heterocycles. The second kappa shape index (κ2) is 5.94. The van der Waals surface area contributed by atoms with Gasteiger partial charge in [-0.15, -0.1) is 11.8 Å². The summed E-state index contributed by atoms with van der Waals surface area (Å²) in [6, 6.07) is 8.50. The molecule has 0 radical (unpaired) electrons. The average Bonchev–Trinajstić information content (AvgIpc) is 2.69. The second-order valence-corrected chi connectivity index (χ2v) is 6.06. The third kappa shape index (κ3) is 2.72. The third-order valence-electron chi connectivity index (χ3n) is 3.83. The minimum absolute atomic E-state index is 0.0976. The van der Waals surface area contributed by atoms with Crippen molar-refractivity contribution in [3.8, 4) is 11.4 Å². The van der Waals surface area contributed by atoms with E-state index >= 15 is 0 Å². The molecular formula is C16H19N3S. The number of fused-ring (bicyclic) bond motifs is 1. The van der Waals surface area contributed by atoms with E-state index in [1.165, 1.54) is 17.7 Å². The zero-order chi connectivity index (χ0) is 13.9. The van der Waals surface area contributed by atoms with Gasteiger partial charge in [0, 0.05) is 34.0 Å². The zero-order valence-electron chi connectivity index (χ0n) is 11.7. The number of rotatable bonds is 2. The molecule has 20 heavy (non-hydrogen) atoms. The molecule has 0 fully saturated rings. The lowest BCUT2D eigenvalue weighted by Gasteiger charge is -2.12. The lowest BCUT2D eigenvalue weighted by Crippen LogP contribution is -2.12. The van der Waals surface area contributed by atoms with Crippen LogP contribution in [-0.2, 0) is 6.42 Å². The summed E-state index contributed by atoms with van der Waals surface area (Å²) in [6.45, 7) is 0. The molecule has 1 heterocycles. The van der Waals surface area contributed by atoms with Crippen molar-refractivity contribution in [3.05, 3.63) is 41.7 Å². The number of thioether (sulfide) groups is 1. The average molecular weight is 285 g/mol. The van der Waals surface area contributed by atoms with Gasteiger partial charge < -0.3 is 5.73 Å². The Morgan fingerprint density at radius 2 is 2.00 bits per heavy atom. The number of benzene rings is 1. The van der Waals surface area contributed by atoms with Crippen molar-refractivity contribution in [1.82, 2.24) is 9.97 Å². The maximum absolute atomic E-state index is 6.19. The lowest BCUT2D eigenvalue weighted by molar-refractivity contribution is 0.614. The predicted molar refractivity (Wildman–Crippen MR) is 83.7 cm³/mol. The number of nitrogens with zero attached hydrogens (tertiary/aromatic N) is 2. The Hall–Kier alpha value is -1.39. The lowest BCUT2D eigenvalue weighted by atomic mass is 10.1. The van der Waals surface area contributed by atoms with Gasteiger partial charge in [-0.1, -0.05) is 18.6 Å². The number of nitrogens with two attached hydrogens (primary N) is 1. The minimum Gasteiger partial charge on any atom is -0.324 e. The van der Waals surface area contributed by atoms with Crippen molar-refractivity contribution < 1.29 is 0 Å². The predicted octanol–water partition coefficient (Wildman–Crippen LogP) is 3.59. The van der Waals surface area contributed by atoms with E-state index in [-0.39, 0.29) is 6.04 Å². The van der Waals surface area contributed by atoms with Crippen LogP contribution in [0.15, 0.2) is 35.4 Å². The highest BCUT2D eigenvalue weighted by Crippen LogP contribution is 2.27. The van der Waals surface area contributed by atoms with Gasteiger partial charge in [-0.25, -0.2) is 9.97 Å². The summed E-state index contributed by atoms with van der Waals surface area (Å²) in [6.07, 6.45) is 8.41. The number of hydrogen-bond donors (Lipinski definition) is 1.